The topological polar surface area (TPSA) is 41.9 Å². The van der Waals surface area contributed by atoms with Gasteiger partial charge in [0.05, 0.1) is 6.20 Å². The van der Waals surface area contributed by atoms with E-state index in [1.807, 2.05) is 17.8 Å². The molecule has 0 aliphatic rings. The molecule has 0 aliphatic heterocycles. The Morgan fingerprint density at radius 2 is 2.05 bits per heavy atom. The summed E-state index contributed by atoms with van der Waals surface area (Å²) in [5, 5.41) is 10.9. The van der Waals surface area contributed by atoms with Gasteiger partial charge in [0, 0.05) is 30.0 Å². The molecule has 6 heteroatoms. The third-order valence-corrected chi connectivity index (χ3v) is 3.29. The van der Waals surface area contributed by atoms with Crippen LogP contribution in [0.3, 0.4) is 0 Å². The standard InChI is InChI=1S/C14H17FN4S/c1-3-19-10(2)11(9-17-19)8-16-14(20)18-13-6-4-12(15)5-7-13/h4-7,9H,3,8H2,1-2H3,(H2,16,18,20). The van der Waals surface area contributed by atoms with E-state index in [2.05, 4.69) is 22.7 Å². The van der Waals surface area contributed by atoms with Crippen molar-refractivity contribution in [1.29, 1.82) is 0 Å². The Kier molecular flexibility index (Phi) is 4.68. The van der Waals surface area contributed by atoms with Crippen LogP contribution in [0.5, 0.6) is 0 Å². The Balaban J connectivity index is 1.88. The van der Waals surface area contributed by atoms with Gasteiger partial charge in [0.15, 0.2) is 5.11 Å². The van der Waals surface area contributed by atoms with Crippen LogP contribution in [0, 0.1) is 12.7 Å². The van der Waals surface area contributed by atoms with E-state index in [9.17, 15) is 4.39 Å². The van der Waals surface area contributed by atoms with Crippen LogP contribution in [0.25, 0.3) is 0 Å². The largest absolute Gasteiger partial charge is 0.358 e. The van der Waals surface area contributed by atoms with Gasteiger partial charge in [-0.1, -0.05) is 0 Å². The first-order valence-electron chi connectivity index (χ1n) is 6.42. The lowest BCUT2D eigenvalue weighted by atomic mass is 10.2. The first-order valence-corrected chi connectivity index (χ1v) is 6.82. The predicted molar refractivity (Wildman–Crippen MR) is 82.1 cm³/mol. The first kappa shape index (κ1) is 14.5. The fourth-order valence-corrected chi connectivity index (χ4v) is 2.05. The number of nitrogens with zero attached hydrogens (tertiary/aromatic N) is 2. The molecule has 106 valence electrons. The Bertz CT molecular complexity index is 592. The Labute approximate surface area is 123 Å². The lowest BCUT2D eigenvalue weighted by molar-refractivity contribution is 0.628. The second-order valence-corrected chi connectivity index (χ2v) is 4.79. The van der Waals surface area contributed by atoms with Crippen molar-refractivity contribution in [2.45, 2.75) is 26.9 Å². The molecule has 2 N–H and O–H groups in total. The molecule has 0 amide bonds. The number of anilines is 1. The number of hydrogen-bond acceptors (Lipinski definition) is 2. The fraction of sp³-hybridized carbons (Fsp3) is 0.286. The van der Waals surface area contributed by atoms with Crippen LogP contribution in [0.2, 0.25) is 0 Å². The quantitative estimate of drug-likeness (QED) is 0.850. The van der Waals surface area contributed by atoms with Gasteiger partial charge in [-0.2, -0.15) is 5.10 Å². The number of aromatic nitrogens is 2. The molecule has 2 rings (SSSR count). The second-order valence-electron chi connectivity index (χ2n) is 4.39. The van der Waals surface area contributed by atoms with Crippen LogP contribution in [0.1, 0.15) is 18.2 Å². The van der Waals surface area contributed by atoms with Crippen molar-refractivity contribution in [2.75, 3.05) is 5.32 Å². The lowest BCUT2D eigenvalue weighted by Gasteiger charge is -2.10. The molecule has 0 unspecified atom stereocenters. The van der Waals surface area contributed by atoms with E-state index in [1.165, 1.54) is 12.1 Å². The van der Waals surface area contributed by atoms with Gasteiger partial charge in [0.25, 0.3) is 0 Å². The molecule has 0 radical (unpaired) electrons. The van der Waals surface area contributed by atoms with Crippen LogP contribution >= 0.6 is 12.2 Å². The monoisotopic (exact) mass is 292 g/mol. The summed E-state index contributed by atoms with van der Waals surface area (Å²) in [7, 11) is 0. The zero-order valence-corrected chi connectivity index (χ0v) is 12.3. The molecular formula is C14H17FN4S. The fourth-order valence-electron chi connectivity index (χ4n) is 1.86. The number of benzene rings is 1. The van der Waals surface area contributed by atoms with Gasteiger partial charge in [-0.15, -0.1) is 0 Å². The zero-order valence-electron chi connectivity index (χ0n) is 11.5. The molecule has 4 nitrogen and oxygen atoms in total. The molecule has 0 saturated heterocycles. The van der Waals surface area contributed by atoms with Gasteiger partial charge in [0.2, 0.25) is 0 Å². The van der Waals surface area contributed by atoms with Gasteiger partial charge in [0.1, 0.15) is 5.82 Å². The molecule has 0 atom stereocenters. The molecule has 0 saturated carbocycles. The third kappa shape index (κ3) is 3.54. The zero-order chi connectivity index (χ0) is 14.5. The molecular weight excluding hydrogens is 275 g/mol. The minimum atomic E-state index is -0.267. The van der Waals surface area contributed by atoms with E-state index >= 15 is 0 Å². The highest BCUT2D eigenvalue weighted by Crippen LogP contribution is 2.09. The normalized spacial score (nSPS) is 10.3. The Hall–Kier alpha value is -1.95. The highest BCUT2D eigenvalue weighted by Gasteiger charge is 2.05. The first-order chi connectivity index (χ1) is 9.60. The lowest BCUT2D eigenvalue weighted by Crippen LogP contribution is -2.28. The van der Waals surface area contributed by atoms with Crippen LogP contribution in [0.15, 0.2) is 30.5 Å². The van der Waals surface area contributed by atoms with Gasteiger partial charge in [-0.05, 0) is 50.3 Å². The average molecular weight is 292 g/mol. The van der Waals surface area contributed by atoms with Crippen molar-refractivity contribution < 1.29 is 4.39 Å². The minimum Gasteiger partial charge on any atom is -0.358 e. The van der Waals surface area contributed by atoms with Crippen LogP contribution < -0.4 is 10.6 Å². The van der Waals surface area contributed by atoms with E-state index in [0.717, 1.165) is 23.5 Å². The molecule has 0 bridgehead atoms. The van der Waals surface area contributed by atoms with Crippen molar-refractivity contribution in [2.24, 2.45) is 0 Å². The van der Waals surface area contributed by atoms with Crippen molar-refractivity contribution in [3.8, 4) is 0 Å². The summed E-state index contributed by atoms with van der Waals surface area (Å²) in [6, 6.07) is 6.06. The maximum Gasteiger partial charge on any atom is 0.171 e. The summed E-state index contributed by atoms with van der Waals surface area (Å²) >= 11 is 5.20. The van der Waals surface area contributed by atoms with Crippen LogP contribution in [0.4, 0.5) is 10.1 Å². The summed E-state index contributed by atoms with van der Waals surface area (Å²) in [6.45, 7) is 5.55. The van der Waals surface area contributed by atoms with Crippen molar-refractivity contribution in [3.05, 3.63) is 47.5 Å². The summed E-state index contributed by atoms with van der Waals surface area (Å²) in [5.74, 6) is -0.267. The molecule has 0 aliphatic carbocycles. The van der Waals surface area contributed by atoms with Gasteiger partial charge < -0.3 is 10.6 Å². The van der Waals surface area contributed by atoms with Gasteiger partial charge >= 0.3 is 0 Å². The summed E-state index contributed by atoms with van der Waals surface area (Å²) < 4.78 is 14.7. The van der Waals surface area contributed by atoms with E-state index in [1.54, 1.807) is 12.1 Å². The number of halogens is 1. The molecule has 0 fully saturated rings. The number of rotatable bonds is 4. The minimum absolute atomic E-state index is 0.267. The Morgan fingerprint density at radius 1 is 1.35 bits per heavy atom. The van der Waals surface area contributed by atoms with Crippen LogP contribution in [-0.2, 0) is 13.1 Å². The molecule has 0 spiro atoms. The summed E-state index contributed by atoms with van der Waals surface area (Å²) in [4.78, 5) is 0. The highest BCUT2D eigenvalue weighted by molar-refractivity contribution is 7.80. The number of thiocarbonyl (C=S) groups is 1. The van der Waals surface area contributed by atoms with E-state index in [4.69, 9.17) is 12.2 Å². The Morgan fingerprint density at radius 3 is 2.65 bits per heavy atom. The van der Waals surface area contributed by atoms with Gasteiger partial charge in [-0.3, -0.25) is 4.68 Å². The van der Waals surface area contributed by atoms with Gasteiger partial charge in [-0.25, -0.2) is 4.39 Å². The number of nitrogens with one attached hydrogen (secondary N) is 2. The van der Waals surface area contributed by atoms with Crippen LogP contribution in [-0.4, -0.2) is 14.9 Å². The summed E-state index contributed by atoms with van der Waals surface area (Å²) in [5.41, 5.74) is 2.99. The summed E-state index contributed by atoms with van der Waals surface area (Å²) in [6.07, 6.45) is 1.84. The third-order valence-electron chi connectivity index (χ3n) is 3.05. The van der Waals surface area contributed by atoms with Crippen molar-refractivity contribution >= 4 is 23.0 Å². The maximum atomic E-state index is 12.8. The molecule has 2 aromatic rings. The smallest absolute Gasteiger partial charge is 0.171 e. The second kappa shape index (κ2) is 6.47. The van der Waals surface area contributed by atoms with E-state index in [0.29, 0.717) is 11.7 Å². The highest BCUT2D eigenvalue weighted by atomic mass is 32.1. The average Bonchev–Trinajstić information content (AvgIpc) is 2.79. The number of aryl methyl sites for hydroxylation is 1. The SMILES string of the molecule is CCn1ncc(CNC(=S)Nc2ccc(F)cc2)c1C. The predicted octanol–water partition coefficient (Wildman–Crippen LogP) is 2.84. The van der Waals surface area contributed by atoms with E-state index < -0.39 is 0 Å². The molecule has 1 heterocycles. The maximum absolute atomic E-state index is 12.8. The van der Waals surface area contributed by atoms with Crippen molar-refractivity contribution in [3.63, 3.8) is 0 Å². The van der Waals surface area contributed by atoms with E-state index in [-0.39, 0.29) is 5.82 Å². The molecule has 1 aromatic heterocycles. The molecule has 1 aromatic carbocycles. The molecule has 20 heavy (non-hydrogen) atoms. The van der Waals surface area contributed by atoms with Crippen molar-refractivity contribution in [1.82, 2.24) is 15.1 Å². The number of hydrogen-bond donors (Lipinski definition) is 2.